The van der Waals surface area contributed by atoms with E-state index in [2.05, 4.69) is 10.4 Å². The number of halogens is 2. The number of benzene rings is 1. The van der Waals surface area contributed by atoms with Crippen molar-refractivity contribution in [2.45, 2.75) is 42.7 Å². The lowest BCUT2D eigenvalue weighted by atomic mass is 10.1. The predicted octanol–water partition coefficient (Wildman–Crippen LogP) is 1.68. The van der Waals surface area contributed by atoms with Crippen molar-refractivity contribution in [3.8, 4) is 0 Å². The van der Waals surface area contributed by atoms with Gasteiger partial charge in [0.25, 0.3) is 5.91 Å². The molecule has 5 atom stereocenters. The van der Waals surface area contributed by atoms with Crippen molar-refractivity contribution in [2.24, 2.45) is 23.5 Å². The van der Waals surface area contributed by atoms with Gasteiger partial charge in [0.2, 0.25) is 11.8 Å². The van der Waals surface area contributed by atoms with Crippen molar-refractivity contribution in [3.63, 3.8) is 0 Å². The van der Waals surface area contributed by atoms with Crippen LogP contribution in [0.5, 0.6) is 0 Å². The van der Waals surface area contributed by atoms with Crippen molar-refractivity contribution in [3.05, 3.63) is 30.0 Å². The molecule has 2 heterocycles. The van der Waals surface area contributed by atoms with Crippen LogP contribution in [-0.2, 0) is 16.1 Å². The van der Waals surface area contributed by atoms with Gasteiger partial charge in [0, 0.05) is 23.9 Å². The number of nitrogens with two attached hydrogens (primary N) is 1. The molecule has 8 nitrogen and oxygen atoms in total. The Labute approximate surface area is 189 Å². The molecule has 1 aromatic carbocycles. The lowest BCUT2D eigenvalue weighted by Gasteiger charge is -2.27. The number of para-hydroxylation sites is 1. The third-order valence-corrected chi connectivity index (χ3v) is 8.21. The fourth-order valence-corrected chi connectivity index (χ4v) is 5.60. The van der Waals surface area contributed by atoms with Gasteiger partial charge in [-0.15, -0.1) is 23.2 Å². The molecule has 2 saturated carbocycles. The molecule has 3 aliphatic rings. The number of amides is 3. The highest BCUT2D eigenvalue weighted by molar-refractivity contribution is 6.51. The quantitative estimate of drug-likeness (QED) is 0.634. The summed E-state index contributed by atoms with van der Waals surface area (Å²) in [6.07, 6.45) is 1.57. The summed E-state index contributed by atoms with van der Waals surface area (Å²) in [6, 6.07) is 6.71. The molecule has 3 fully saturated rings. The summed E-state index contributed by atoms with van der Waals surface area (Å²) in [5, 5.41) is 7.80. The molecule has 0 spiro atoms. The van der Waals surface area contributed by atoms with Crippen LogP contribution in [0.3, 0.4) is 0 Å². The van der Waals surface area contributed by atoms with Crippen LogP contribution < -0.4 is 11.1 Å². The summed E-state index contributed by atoms with van der Waals surface area (Å²) in [7, 11) is 0. The van der Waals surface area contributed by atoms with E-state index in [9.17, 15) is 14.4 Å². The van der Waals surface area contributed by atoms with Crippen LogP contribution in [0, 0.1) is 17.8 Å². The first-order chi connectivity index (χ1) is 14.7. The first-order valence-corrected chi connectivity index (χ1v) is 11.2. The second-order valence-electron chi connectivity index (χ2n) is 8.82. The lowest BCUT2D eigenvalue weighted by Crippen LogP contribution is -2.49. The first kappa shape index (κ1) is 20.6. The van der Waals surface area contributed by atoms with E-state index in [0.717, 1.165) is 6.42 Å². The van der Waals surface area contributed by atoms with Crippen molar-refractivity contribution < 1.29 is 14.4 Å². The average molecular weight is 464 g/mol. The summed E-state index contributed by atoms with van der Waals surface area (Å²) < 4.78 is 0.698. The number of piperidine rings is 1. The van der Waals surface area contributed by atoms with Gasteiger partial charge >= 0.3 is 0 Å². The Morgan fingerprint density at radius 3 is 2.65 bits per heavy atom. The van der Waals surface area contributed by atoms with Crippen molar-refractivity contribution in [2.75, 3.05) is 6.54 Å². The number of hydrogen-bond donors (Lipinski definition) is 2. The van der Waals surface area contributed by atoms with Crippen LogP contribution in [-0.4, -0.2) is 55.4 Å². The third-order valence-electron chi connectivity index (χ3n) is 6.96. The Balaban J connectivity index is 1.31. The molecule has 1 aromatic heterocycles. The maximum absolute atomic E-state index is 13.2. The van der Waals surface area contributed by atoms with Gasteiger partial charge in [-0.1, -0.05) is 25.1 Å². The van der Waals surface area contributed by atoms with Crippen LogP contribution in [0.2, 0.25) is 0 Å². The van der Waals surface area contributed by atoms with Crippen molar-refractivity contribution in [1.29, 1.82) is 0 Å². The van der Waals surface area contributed by atoms with Gasteiger partial charge in [0.05, 0.1) is 5.52 Å². The normalized spacial score (nSPS) is 30.2. The number of nitrogens with one attached hydrogen (secondary N) is 1. The predicted molar refractivity (Wildman–Crippen MR) is 115 cm³/mol. The van der Waals surface area contributed by atoms with Gasteiger partial charge in [-0.2, -0.15) is 5.10 Å². The van der Waals surface area contributed by atoms with E-state index in [4.69, 9.17) is 28.9 Å². The molecular formula is C21H23Cl2N5O3. The molecule has 2 aromatic rings. The molecule has 0 bridgehead atoms. The number of aromatic nitrogens is 2. The number of primary amides is 1. The van der Waals surface area contributed by atoms with Gasteiger partial charge in [0.1, 0.15) is 16.9 Å². The monoisotopic (exact) mass is 463 g/mol. The highest BCUT2D eigenvalue weighted by Crippen LogP contribution is 2.58. The fraction of sp³-hybridized carbons (Fsp3) is 0.524. The zero-order valence-corrected chi connectivity index (χ0v) is 18.4. The van der Waals surface area contributed by atoms with E-state index < -0.39 is 16.3 Å². The molecule has 3 N–H and O–H groups in total. The molecule has 1 saturated heterocycles. The topological polar surface area (TPSA) is 110 Å². The van der Waals surface area contributed by atoms with Crippen molar-refractivity contribution >= 4 is 51.8 Å². The maximum Gasteiger partial charge on any atom is 0.269 e. The molecule has 164 valence electrons. The molecule has 2 aliphatic carbocycles. The maximum atomic E-state index is 13.2. The van der Waals surface area contributed by atoms with Gasteiger partial charge in [-0.25, -0.2) is 0 Å². The van der Waals surface area contributed by atoms with Crippen LogP contribution in [0.4, 0.5) is 0 Å². The first-order valence-electron chi connectivity index (χ1n) is 10.4. The van der Waals surface area contributed by atoms with E-state index in [1.54, 1.807) is 23.1 Å². The Hall–Kier alpha value is -2.32. The minimum Gasteiger partial charge on any atom is -0.364 e. The van der Waals surface area contributed by atoms with Crippen LogP contribution in [0.25, 0.3) is 10.9 Å². The van der Waals surface area contributed by atoms with Gasteiger partial charge in [-0.3, -0.25) is 19.1 Å². The number of carbonyl (C=O) groups excluding carboxylic acids is 3. The Morgan fingerprint density at radius 1 is 1.26 bits per heavy atom. The van der Waals surface area contributed by atoms with Crippen molar-refractivity contribution in [1.82, 2.24) is 20.0 Å². The van der Waals surface area contributed by atoms with E-state index in [0.29, 0.717) is 29.8 Å². The standard InChI is InChI=1S/C21H23Cl2N5O3/c1-10-13(21(10,22)23)8-25-20(31)16-7-11-6-15(11)28(16)17(29)9-27-14-5-3-2-4-12(14)18(26-27)19(24)30/h2-5,10-11,13,15-16H,6-9H2,1H3,(H2,24,30)(H,25,31)/t10-,11-,13-,15-,16+/m1/s1. The zero-order chi connectivity index (χ0) is 22.1. The number of nitrogens with zero attached hydrogens (tertiary/aromatic N) is 3. The van der Waals surface area contributed by atoms with E-state index in [-0.39, 0.29) is 41.9 Å². The third kappa shape index (κ3) is 3.36. The molecule has 0 unspecified atom stereocenters. The van der Waals surface area contributed by atoms with Crippen LogP contribution in [0.15, 0.2) is 24.3 Å². The molecule has 31 heavy (non-hydrogen) atoms. The zero-order valence-electron chi connectivity index (χ0n) is 16.9. The summed E-state index contributed by atoms with van der Waals surface area (Å²) in [5.74, 6) is -0.520. The van der Waals surface area contributed by atoms with Crippen LogP contribution >= 0.6 is 23.2 Å². The highest BCUT2D eigenvalue weighted by Gasteiger charge is 2.60. The number of hydrogen-bond acceptors (Lipinski definition) is 4. The number of carbonyl (C=O) groups is 3. The highest BCUT2D eigenvalue weighted by atomic mass is 35.5. The second-order valence-corrected chi connectivity index (χ2v) is 10.3. The Bertz CT molecular complexity index is 1100. The number of likely N-dealkylation sites (tertiary alicyclic amines) is 1. The Morgan fingerprint density at radius 2 is 1.97 bits per heavy atom. The largest absolute Gasteiger partial charge is 0.364 e. The van der Waals surface area contributed by atoms with Gasteiger partial charge in [-0.05, 0) is 30.7 Å². The number of rotatable bonds is 6. The molecule has 1 aliphatic heterocycles. The van der Waals surface area contributed by atoms with E-state index >= 15 is 0 Å². The fourth-order valence-electron chi connectivity index (χ4n) is 4.89. The number of fused-ring (bicyclic) bond motifs is 2. The summed E-state index contributed by atoms with van der Waals surface area (Å²) in [6.45, 7) is 2.28. The minimum absolute atomic E-state index is 0.0162. The summed E-state index contributed by atoms with van der Waals surface area (Å²) in [5.41, 5.74) is 6.23. The average Bonchev–Trinajstić information content (AvgIpc) is 3.44. The van der Waals surface area contributed by atoms with Crippen LogP contribution in [0.1, 0.15) is 30.3 Å². The lowest BCUT2D eigenvalue weighted by molar-refractivity contribution is -0.140. The van der Waals surface area contributed by atoms with E-state index in [1.165, 1.54) is 4.68 Å². The molecule has 10 heteroatoms. The summed E-state index contributed by atoms with van der Waals surface area (Å²) in [4.78, 5) is 39.5. The van der Waals surface area contributed by atoms with Gasteiger partial charge < -0.3 is 16.0 Å². The smallest absolute Gasteiger partial charge is 0.269 e. The second kappa shape index (κ2) is 7.10. The number of alkyl halides is 2. The molecule has 5 rings (SSSR count). The molecular weight excluding hydrogens is 441 g/mol. The van der Waals surface area contributed by atoms with Gasteiger partial charge in [0.15, 0.2) is 5.69 Å². The minimum atomic E-state index is -0.792. The SMILES string of the molecule is C[C@@H]1[C@@H](CNC(=O)[C@@H]2C[C@H]3C[C@H]3N2C(=O)Cn2nc(C(N)=O)c3ccccc32)C1(Cl)Cl. The summed E-state index contributed by atoms with van der Waals surface area (Å²) >= 11 is 12.4. The van der Waals surface area contributed by atoms with E-state index in [1.807, 2.05) is 13.0 Å². The molecule has 0 radical (unpaired) electrons. The molecule has 3 amide bonds. The Kier molecular flexibility index (Phi) is 4.71.